The summed E-state index contributed by atoms with van der Waals surface area (Å²) >= 11 is 1.66. The highest BCUT2D eigenvalue weighted by atomic mass is 32.2. The number of Topliss-reactive ketones (excluding diaryl/α,β-unsaturated/α-hetero) is 1. The molecule has 1 amide bonds. The molecule has 2 aliphatic rings. The molecule has 2 rings (SSSR count). The highest BCUT2D eigenvalue weighted by Gasteiger charge is 2.42. The fraction of sp³-hybridized carbons (Fsp3) is 0.808. The summed E-state index contributed by atoms with van der Waals surface area (Å²) in [6.45, 7) is 10.2. The largest absolute Gasteiger partial charge is 0.392 e. The fourth-order valence-corrected chi connectivity index (χ4v) is 5.58. The molecule has 35 heavy (non-hydrogen) atoms. The number of aliphatic hydroxyl groups is 4. The first-order chi connectivity index (χ1) is 16.1. The van der Waals surface area contributed by atoms with Crippen LogP contribution in [0.5, 0.6) is 0 Å². The third-order valence-corrected chi connectivity index (χ3v) is 8.65. The maximum atomic E-state index is 13.2. The Balaban J connectivity index is 2.30. The van der Waals surface area contributed by atoms with Gasteiger partial charge in [0.25, 0.3) is 0 Å². The van der Waals surface area contributed by atoms with E-state index in [4.69, 9.17) is 0 Å². The molecule has 0 aromatic rings. The molecule has 0 bridgehead atoms. The van der Waals surface area contributed by atoms with Gasteiger partial charge in [0, 0.05) is 17.7 Å². The Kier molecular flexibility index (Phi) is 10.5. The zero-order valence-corrected chi connectivity index (χ0v) is 22.7. The molecule has 0 aromatic heterocycles. The van der Waals surface area contributed by atoms with Crippen molar-refractivity contribution in [2.75, 3.05) is 5.75 Å². The van der Waals surface area contributed by atoms with E-state index in [2.05, 4.69) is 10.3 Å². The summed E-state index contributed by atoms with van der Waals surface area (Å²) in [5.74, 6) is -0.889. The lowest BCUT2D eigenvalue weighted by Crippen LogP contribution is -2.48. The van der Waals surface area contributed by atoms with Crippen LogP contribution in [0.2, 0.25) is 0 Å². The summed E-state index contributed by atoms with van der Waals surface area (Å²) in [5, 5.41) is 47.2. The van der Waals surface area contributed by atoms with Crippen molar-refractivity contribution < 1.29 is 30.0 Å². The molecule has 8 atom stereocenters. The number of hydrogen-bond donors (Lipinski definition) is 5. The number of nitrogens with one attached hydrogen (secondary N) is 1. The smallest absolute Gasteiger partial charge is 0.223 e. The summed E-state index contributed by atoms with van der Waals surface area (Å²) in [6.07, 6.45) is 1.64. The van der Waals surface area contributed by atoms with Crippen molar-refractivity contribution in [1.29, 1.82) is 0 Å². The van der Waals surface area contributed by atoms with Gasteiger partial charge in [-0.25, -0.2) is 0 Å². The Morgan fingerprint density at radius 1 is 1.09 bits per heavy atom. The second-order valence-electron chi connectivity index (χ2n) is 11.1. The van der Waals surface area contributed by atoms with Gasteiger partial charge in [-0.3, -0.25) is 14.6 Å². The topological polar surface area (TPSA) is 139 Å². The Morgan fingerprint density at radius 2 is 1.74 bits per heavy atom. The van der Waals surface area contributed by atoms with Gasteiger partial charge in [0.2, 0.25) is 5.91 Å². The molecule has 1 fully saturated rings. The number of carbonyl (C=O) groups excluding carboxylic acids is 2. The van der Waals surface area contributed by atoms with Gasteiger partial charge in [-0.15, -0.1) is 11.8 Å². The van der Waals surface area contributed by atoms with E-state index in [0.717, 1.165) is 10.8 Å². The van der Waals surface area contributed by atoms with E-state index in [1.165, 1.54) is 0 Å². The quantitative estimate of drug-likeness (QED) is 0.358. The Bertz CT molecular complexity index is 812. The number of rotatable bonds is 2. The number of aliphatic hydroxyl groups excluding tert-OH is 3. The van der Waals surface area contributed by atoms with Crippen molar-refractivity contribution in [3.8, 4) is 0 Å². The second-order valence-corrected chi connectivity index (χ2v) is 12.4. The van der Waals surface area contributed by atoms with Gasteiger partial charge >= 0.3 is 0 Å². The van der Waals surface area contributed by atoms with Crippen LogP contribution in [0.25, 0.3) is 0 Å². The van der Waals surface area contributed by atoms with Crippen molar-refractivity contribution >= 4 is 28.5 Å². The first-order valence-corrected chi connectivity index (χ1v) is 13.6. The number of nitrogens with zero attached hydrogens (tertiary/aromatic N) is 1. The monoisotopic (exact) mass is 512 g/mol. The number of thioether (sulfide) groups is 1. The highest BCUT2D eigenvalue weighted by Crippen LogP contribution is 2.32. The molecule has 0 aliphatic carbocycles. The molecule has 2 aliphatic heterocycles. The third kappa shape index (κ3) is 8.12. The van der Waals surface area contributed by atoms with Crippen LogP contribution >= 0.6 is 11.8 Å². The SMILES string of the molecule is CC1=NC(C=C[C@@H]2C[C@@H](O)[C@](C)(O)CCC[C@H](C)[C@H](O)[C@@H](C)C(=O)C(C)(C)[C@@H](O)CC(=O)N2)CS1. The lowest BCUT2D eigenvalue weighted by atomic mass is 9.72. The van der Waals surface area contributed by atoms with Crippen LogP contribution in [0.15, 0.2) is 17.1 Å². The molecular formula is C26H44N2O6S. The van der Waals surface area contributed by atoms with Gasteiger partial charge in [0.15, 0.2) is 0 Å². The van der Waals surface area contributed by atoms with E-state index in [0.29, 0.717) is 19.3 Å². The molecule has 1 unspecified atom stereocenters. The van der Waals surface area contributed by atoms with Crippen LogP contribution in [-0.2, 0) is 9.59 Å². The number of aliphatic imine (C=N–C) groups is 1. The number of hydrogen-bond acceptors (Lipinski definition) is 8. The first kappa shape index (κ1) is 30.0. The standard InChI is InChI=1S/C26H44N2O6S/c1-15-8-7-11-26(6,34)21(30)12-18(9-10-19-14-35-17(3)27-19)28-22(31)13-20(29)25(4,5)24(33)16(2)23(15)32/h9-10,15-16,18-21,23,29-30,32,34H,7-8,11-14H2,1-6H3,(H,28,31)/t15-,16+,18+,19?,20-,21+,23-,26+/m0/s1. The van der Waals surface area contributed by atoms with Crippen molar-refractivity contribution in [2.24, 2.45) is 22.2 Å². The Labute approximate surface area is 213 Å². The second kappa shape index (κ2) is 12.3. The van der Waals surface area contributed by atoms with Crippen LogP contribution in [0.4, 0.5) is 0 Å². The predicted octanol–water partition coefficient (Wildman–Crippen LogP) is 2.23. The summed E-state index contributed by atoms with van der Waals surface area (Å²) in [6, 6.07) is -0.602. The molecule has 0 spiro atoms. The van der Waals surface area contributed by atoms with Gasteiger partial charge < -0.3 is 25.7 Å². The molecule has 200 valence electrons. The third-order valence-electron chi connectivity index (χ3n) is 7.62. The van der Waals surface area contributed by atoms with Gasteiger partial charge in [-0.2, -0.15) is 0 Å². The molecular weight excluding hydrogens is 468 g/mol. The summed E-state index contributed by atoms with van der Waals surface area (Å²) in [4.78, 5) is 30.5. The van der Waals surface area contributed by atoms with Crippen molar-refractivity contribution in [3.05, 3.63) is 12.2 Å². The highest BCUT2D eigenvalue weighted by molar-refractivity contribution is 8.14. The van der Waals surface area contributed by atoms with E-state index < -0.39 is 47.2 Å². The van der Waals surface area contributed by atoms with Gasteiger partial charge in [0.1, 0.15) is 5.78 Å². The molecule has 0 aromatic carbocycles. The molecule has 5 N–H and O–H groups in total. The van der Waals surface area contributed by atoms with Crippen LogP contribution < -0.4 is 5.32 Å². The Hall–Kier alpha value is -1.26. The minimum absolute atomic E-state index is 0.0218. The summed E-state index contributed by atoms with van der Waals surface area (Å²) < 4.78 is 0. The zero-order chi connectivity index (χ0) is 26.6. The Morgan fingerprint density at radius 3 is 2.34 bits per heavy atom. The maximum Gasteiger partial charge on any atom is 0.223 e. The van der Waals surface area contributed by atoms with E-state index in [-0.39, 0.29) is 30.6 Å². The normalized spacial score (nSPS) is 40.5. The number of carbonyl (C=O) groups is 2. The average Bonchev–Trinajstić information content (AvgIpc) is 3.19. The van der Waals surface area contributed by atoms with E-state index in [9.17, 15) is 30.0 Å². The van der Waals surface area contributed by atoms with E-state index in [1.54, 1.807) is 45.5 Å². The molecule has 0 radical (unpaired) electrons. The predicted molar refractivity (Wildman–Crippen MR) is 139 cm³/mol. The minimum atomic E-state index is -1.39. The van der Waals surface area contributed by atoms with E-state index in [1.807, 2.05) is 19.9 Å². The van der Waals surface area contributed by atoms with Crippen LogP contribution in [-0.4, -0.2) is 78.9 Å². The maximum absolute atomic E-state index is 13.2. The van der Waals surface area contributed by atoms with Crippen LogP contribution in [0.3, 0.4) is 0 Å². The fourth-order valence-electron chi connectivity index (χ4n) is 4.77. The van der Waals surface area contributed by atoms with Crippen LogP contribution in [0.1, 0.15) is 73.6 Å². The summed E-state index contributed by atoms with van der Waals surface area (Å²) in [7, 11) is 0. The molecule has 8 nitrogen and oxygen atoms in total. The van der Waals surface area contributed by atoms with Crippen molar-refractivity contribution in [1.82, 2.24) is 5.32 Å². The molecule has 0 saturated carbocycles. The molecule has 1 saturated heterocycles. The lowest BCUT2D eigenvalue weighted by molar-refractivity contribution is -0.143. The van der Waals surface area contributed by atoms with Crippen LogP contribution in [0, 0.1) is 17.3 Å². The van der Waals surface area contributed by atoms with Gasteiger partial charge in [-0.05, 0) is 39.0 Å². The molecule has 2 heterocycles. The zero-order valence-electron chi connectivity index (χ0n) is 21.9. The van der Waals surface area contributed by atoms with Crippen molar-refractivity contribution in [3.63, 3.8) is 0 Å². The van der Waals surface area contributed by atoms with Gasteiger partial charge in [-0.1, -0.05) is 46.3 Å². The van der Waals surface area contributed by atoms with E-state index >= 15 is 0 Å². The minimum Gasteiger partial charge on any atom is -0.392 e. The average molecular weight is 513 g/mol. The molecule has 9 heteroatoms. The summed E-state index contributed by atoms with van der Waals surface area (Å²) in [5.41, 5.74) is -2.62. The lowest BCUT2D eigenvalue weighted by Gasteiger charge is -2.36. The van der Waals surface area contributed by atoms with Gasteiger partial charge in [0.05, 0.1) is 46.8 Å². The number of amides is 1. The van der Waals surface area contributed by atoms with Crippen molar-refractivity contribution in [2.45, 2.75) is 110 Å². The first-order valence-electron chi connectivity index (χ1n) is 12.6. The number of ketones is 1.